The Morgan fingerprint density at radius 3 is 2.66 bits per heavy atom. The smallest absolute Gasteiger partial charge is 0.225 e. The Labute approximate surface area is 205 Å². The maximum absolute atomic E-state index is 12.6. The highest BCUT2D eigenvalue weighted by Crippen LogP contribution is 2.34. The van der Waals surface area contributed by atoms with Crippen molar-refractivity contribution >= 4 is 23.1 Å². The first-order valence-corrected chi connectivity index (χ1v) is 12.7. The molecule has 2 aliphatic carbocycles. The summed E-state index contributed by atoms with van der Waals surface area (Å²) in [6.07, 6.45) is 10.4. The van der Waals surface area contributed by atoms with Crippen molar-refractivity contribution in [2.45, 2.75) is 32.2 Å². The molecule has 1 aliphatic heterocycles. The van der Waals surface area contributed by atoms with Gasteiger partial charge in [-0.3, -0.25) is 4.79 Å². The van der Waals surface area contributed by atoms with Gasteiger partial charge in [-0.05, 0) is 66.0 Å². The second kappa shape index (κ2) is 8.19. The fraction of sp³-hybridized carbons (Fsp3) is 0.300. The average Bonchev–Trinajstić information content (AvgIpc) is 3.30. The van der Waals surface area contributed by atoms with E-state index in [0.29, 0.717) is 17.7 Å². The first-order valence-electron chi connectivity index (χ1n) is 12.7. The number of pyridine rings is 1. The topological polar surface area (TPSA) is 51.0 Å². The normalized spacial score (nSPS) is 19.0. The van der Waals surface area contributed by atoms with Gasteiger partial charge in [0.25, 0.3) is 0 Å². The first-order chi connectivity index (χ1) is 17.2. The van der Waals surface area contributed by atoms with Gasteiger partial charge in [-0.15, -0.1) is 0 Å². The van der Waals surface area contributed by atoms with Gasteiger partial charge in [0.2, 0.25) is 5.91 Å². The SMILES string of the molecule is O=C(C1CC1)N1CC[C@@H](Cn2c(-c3ccc(-c4ccc5c(c4)CC=C5)cc3)nc3ncccc32)C1. The van der Waals surface area contributed by atoms with Crippen molar-refractivity contribution in [2.24, 2.45) is 11.8 Å². The van der Waals surface area contributed by atoms with Gasteiger partial charge >= 0.3 is 0 Å². The highest BCUT2D eigenvalue weighted by atomic mass is 16.2. The summed E-state index contributed by atoms with van der Waals surface area (Å²) in [5, 5.41) is 0. The average molecular weight is 461 g/mol. The number of carbonyl (C=O) groups excluding carboxylic acids is 1. The molecule has 5 heteroatoms. The number of imidazole rings is 1. The summed E-state index contributed by atoms with van der Waals surface area (Å²) in [4.78, 5) is 24.1. The lowest BCUT2D eigenvalue weighted by Gasteiger charge is -2.17. The van der Waals surface area contributed by atoms with Crippen LogP contribution in [0.5, 0.6) is 0 Å². The number of hydrogen-bond donors (Lipinski definition) is 0. The Balaban J connectivity index is 1.18. The number of rotatable bonds is 5. The molecule has 0 unspecified atom stereocenters. The van der Waals surface area contributed by atoms with Crippen molar-refractivity contribution in [3.05, 3.63) is 78.0 Å². The van der Waals surface area contributed by atoms with Crippen LogP contribution in [0.2, 0.25) is 0 Å². The van der Waals surface area contributed by atoms with E-state index in [9.17, 15) is 4.79 Å². The van der Waals surface area contributed by atoms with E-state index in [1.165, 1.54) is 22.3 Å². The molecule has 0 N–H and O–H groups in total. The monoisotopic (exact) mass is 460 g/mol. The molecule has 1 amide bonds. The van der Waals surface area contributed by atoms with E-state index in [1.807, 2.05) is 6.07 Å². The molecule has 0 spiro atoms. The van der Waals surface area contributed by atoms with Gasteiger partial charge in [-0.25, -0.2) is 9.97 Å². The van der Waals surface area contributed by atoms with Crippen LogP contribution in [0.15, 0.2) is 66.9 Å². The van der Waals surface area contributed by atoms with Crippen LogP contribution in [0.25, 0.3) is 39.8 Å². The number of fused-ring (bicyclic) bond motifs is 2. The molecule has 35 heavy (non-hydrogen) atoms. The van der Waals surface area contributed by atoms with Crippen LogP contribution in [0.1, 0.15) is 30.4 Å². The maximum atomic E-state index is 12.6. The summed E-state index contributed by atoms with van der Waals surface area (Å²) < 4.78 is 2.31. The highest BCUT2D eigenvalue weighted by molar-refractivity contribution is 5.81. The van der Waals surface area contributed by atoms with Crippen molar-refractivity contribution in [2.75, 3.05) is 13.1 Å². The maximum Gasteiger partial charge on any atom is 0.225 e. The number of benzene rings is 2. The number of likely N-dealkylation sites (tertiary alicyclic amines) is 1. The molecule has 1 atom stereocenters. The zero-order valence-corrected chi connectivity index (χ0v) is 19.7. The Hall–Kier alpha value is -3.73. The number of hydrogen-bond acceptors (Lipinski definition) is 3. The molecule has 3 aliphatic rings. The Morgan fingerprint density at radius 2 is 1.80 bits per heavy atom. The minimum absolute atomic E-state index is 0.294. The fourth-order valence-corrected chi connectivity index (χ4v) is 5.64. The highest BCUT2D eigenvalue weighted by Gasteiger charge is 2.36. The quantitative estimate of drug-likeness (QED) is 0.390. The third-order valence-corrected chi connectivity index (χ3v) is 7.74. The second-order valence-electron chi connectivity index (χ2n) is 10.2. The van der Waals surface area contributed by atoms with E-state index in [-0.39, 0.29) is 0 Å². The summed E-state index contributed by atoms with van der Waals surface area (Å²) in [6, 6.07) is 19.6. The molecule has 2 fully saturated rings. The molecule has 1 saturated heterocycles. The van der Waals surface area contributed by atoms with Gasteiger partial charge in [0.15, 0.2) is 5.65 Å². The molecule has 5 nitrogen and oxygen atoms in total. The van der Waals surface area contributed by atoms with Gasteiger partial charge in [0, 0.05) is 37.3 Å². The van der Waals surface area contributed by atoms with Crippen LogP contribution in [-0.2, 0) is 17.8 Å². The van der Waals surface area contributed by atoms with Crippen LogP contribution >= 0.6 is 0 Å². The van der Waals surface area contributed by atoms with Crippen LogP contribution in [0.4, 0.5) is 0 Å². The molecule has 0 bridgehead atoms. The van der Waals surface area contributed by atoms with Crippen molar-refractivity contribution < 1.29 is 4.79 Å². The molecule has 7 rings (SSSR count). The lowest BCUT2D eigenvalue weighted by molar-refractivity contribution is -0.131. The molecule has 2 aromatic heterocycles. The van der Waals surface area contributed by atoms with E-state index in [4.69, 9.17) is 4.98 Å². The lowest BCUT2D eigenvalue weighted by atomic mass is 9.99. The summed E-state index contributed by atoms with van der Waals surface area (Å²) in [6.45, 7) is 2.58. The van der Waals surface area contributed by atoms with Crippen molar-refractivity contribution in [3.8, 4) is 22.5 Å². The van der Waals surface area contributed by atoms with Crippen molar-refractivity contribution in [1.82, 2.24) is 19.4 Å². The third kappa shape index (κ3) is 3.75. The van der Waals surface area contributed by atoms with E-state index < -0.39 is 0 Å². The molecular formula is C30H28N4O. The zero-order chi connectivity index (χ0) is 23.4. The van der Waals surface area contributed by atoms with E-state index in [1.54, 1.807) is 6.20 Å². The minimum Gasteiger partial charge on any atom is -0.342 e. The molecule has 3 heterocycles. The van der Waals surface area contributed by atoms with Gasteiger partial charge in [0.1, 0.15) is 5.82 Å². The molecular weight excluding hydrogens is 432 g/mol. The van der Waals surface area contributed by atoms with Crippen LogP contribution < -0.4 is 0 Å². The summed E-state index contributed by atoms with van der Waals surface area (Å²) in [5.74, 6) is 2.05. The molecule has 174 valence electrons. The van der Waals surface area contributed by atoms with Gasteiger partial charge in [0.05, 0.1) is 5.52 Å². The van der Waals surface area contributed by atoms with Gasteiger partial charge < -0.3 is 9.47 Å². The number of allylic oxidation sites excluding steroid dienone is 1. The summed E-state index contributed by atoms with van der Waals surface area (Å²) in [5.41, 5.74) is 8.13. The molecule has 4 aromatic rings. The summed E-state index contributed by atoms with van der Waals surface area (Å²) in [7, 11) is 0. The molecule has 0 radical (unpaired) electrons. The van der Waals surface area contributed by atoms with Crippen LogP contribution in [0.3, 0.4) is 0 Å². The summed E-state index contributed by atoms with van der Waals surface area (Å²) >= 11 is 0. The predicted octanol–water partition coefficient (Wildman–Crippen LogP) is 5.59. The van der Waals surface area contributed by atoms with Crippen molar-refractivity contribution in [1.29, 1.82) is 0 Å². The van der Waals surface area contributed by atoms with Crippen LogP contribution in [0, 0.1) is 11.8 Å². The first kappa shape index (κ1) is 20.6. The van der Waals surface area contributed by atoms with Crippen molar-refractivity contribution in [3.63, 3.8) is 0 Å². The lowest BCUT2D eigenvalue weighted by Crippen LogP contribution is -2.30. The van der Waals surface area contributed by atoms with Crippen LogP contribution in [-0.4, -0.2) is 38.4 Å². The predicted molar refractivity (Wildman–Crippen MR) is 139 cm³/mol. The number of aromatic nitrogens is 3. The largest absolute Gasteiger partial charge is 0.342 e. The number of nitrogens with zero attached hydrogens (tertiary/aromatic N) is 4. The molecule has 2 aromatic carbocycles. The zero-order valence-electron chi connectivity index (χ0n) is 19.7. The number of carbonyl (C=O) groups is 1. The third-order valence-electron chi connectivity index (χ3n) is 7.74. The standard InChI is InChI=1S/C30H28N4O/c35-30(24-11-12-24)33-16-14-20(18-33)19-34-27-5-2-15-31-28(27)32-29(34)23-9-6-22(7-10-23)26-13-8-21-3-1-4-25(21)17-26/h1-3,5-10,13,15,17,20,24H,4,11-12,14,16,18-19H2/t20-/m1/s1. The Kier molecular flexibility index (Phi) is 4.83. The Morgan fingerprint density at radius 1 is 0.971 bits per heavy atom. The fourth-order valence-electron chi connectivity index (χ4n) is 5.64. The van der Waals surface area contributed by atoms with Gasteiger partial charge in [-0.2, -0.15) is 0 Å². The Bertz CT molecular complexity index is 1460. The van der Waals surface area contributed by atoms with E-state index >= 15 is 0 Å². The number of amides is 1. The van der Waals surface area contributed by atoms with E-state index in [2.05, 4.69) is 75.1 Å². The van der Waals surface area contributed by atoms with E-state index in [0.717, 1.165) is 67.9 Å². The van der Waals surface area contributed by atoms with Gasteiger partial charge in [-0.1, -0.05) is 54.6 Å². The minimum atomic E-state index is 0.294. The second-order valence-corrected chi connectivity index (χ2v) is 10.2. The molecule has 1 saturated carbocycles.